The highest BCUT2D eigenvalue weighted by atomic mass is 79.9. The van der Waals surface area contributed by atoms with Crippen LogP contribution in [0.2, 0.25) is 0 Å². The zero-order valence-electron chi connectivity index (χ0n) is 8.22. The second-order valence-corrected chi connectivity index (χ2v) is 5.36. The molecule has 1 heterocycles. The van der Waals surface area contributed by atoms with Gasteiger partial charge in [-0.15, -0.1) is 0 Å². The summed E-state index contributed by atoms with van der Waals surface area (Å²) < 4.78 is 0. The van der Waals surface area contributed by atoms with E-state index in [0.717, 1.165) is 6.04 Å². The first-order chi connectivity index (χ1) is 5.74. The average molecular weight is 234 g/mol. The van der Waals surface area contributed by atoms with Gasteiger partial charge in [-0.1, -0.05) is 36.2 Å². The number of halogens is 1. The van der Waals surface area contributed by atoms with Crippen molar-refractivity contribution in [2.24, 2.45) is 0 Å². The van der Waals surface area contributed by atoms with E-state index in [1.165, 1.54) is 38.8 Å². The predicted octanol–water partition coefficient (Wildman–Crippen LogP) is 3.03. The molecular formula is C10H20BrN. The van der Waals surface area contributed by atoms with Gasteiger partial charge in [0.2, 0.25) is 0 Å². The van der Waals surface area contributed by atoms with Gasteiger partial charge in [-0.25, -0.2) is 0 Å². The molecule has 0 aromatic rings. The molecule has 2 atom stereocenters. The standard InChI is InChI=1S/C10H20BrN/c1-3-12-7-5-4-6-10(12)8-9(2)11/h9-10H,3-8H2,1-2H3. The SMILES string of the molecule is CCN1CCCCC1CC(C)Br. The summed E-state index contributed by atoms with van der Waals surface area (Å²) in [5, 5.41) is 0. The molecular weight excluding hydrogens is 214 g/mol. The van der Waals surface area contributed by atoms with Gasteiger partial charge in [0.1, 0.15) is 0 Å². The van der Waals surface area contributed by atoms with Crippen LogP contribution in [0.25, 0.3) is 0 Å². The van der Waals surface area contributed by atoms with Crippen molar-refractivity contribution in [1.82, 2.24) is 4.90 Å². The van der Waals surface area contributed by atoms with Crippen molar-refractivity contribution < 1.29 is 0 Å². The van der Waals surface area contributed by atoms with Gasteiger partial charge < -0.3 is 4.90 Å². The molecule has 0 amide bonds. The summed E-state index contributed by atoms with van der Waals surface area (Å²) in [6, 6.07) is 0.845. The van der Waals surface area contributed by atoms with E-state index in [-0.39, 0.29) is 0 Å². The third-order valence-electron chi connectivity index (χ3n) is 2.75. The molecule has 1 rings (SSSR count). The molecule has 0 bridgehead atoms. The Morgan fingerprint density at radius 3 is 2.83 bits per heavy atom. The Labute approximate surface area is 84.6 Å². The summed E-state index contributed by atoms with van der Waals surface area (Å²) in [4.78, 5) is 3.30. The Bertz CT molecular complexity index is 125. The number of nitrogens with zero attached hydrogens (tertiary/aromatic N) is 1. The summed E-state index contributed by atoms with van der Waals surface area (Å²) >= 11 is 3.64. The van der Waals surface area contributed by atoms with Gasteiger partial charge in [0.15, 0.2) is 0 Å². The average Bonchev–Trinajstić information content (AvgIpc) is 2.04. The van der Waals surface area contributed by atoms with E-state index in [0.29, 0.717) is 4.83 Å². The molecule has 72 valence electrons. The van der Waals surface area contributed by atoms with Crippen LogP contribution in [0.3, 0.4) is 0 Å². The molecule has 2 heteroatoms. The van der Waals surface area contributed by atoms with Crippen molar-refractivity contribution in [2.75, 3.05) is 13.1 Å². The Morgan fingerprint density at radius 1 is 1.50 bits per heavy atom. The molecule has 1 fully saturated rings. The Balaban J connectivity index is 2.36. The van der Waals surface area contributed by atoms with Gasteiger partial charge in [-0.2, -0.15) is 0 Å². The first kappa shape index (κ1) is 10.5. The Hall–Kier alpha value is 0.440. The van der Waals surface area contributed by atoms with E-state index in [1.807, 2.05) is 0 Å². The second kappa shape index (κ2) is 5.23. The summed E-state index contributed by atoms with van der Waals surface area (Å²) in [6.07, 6.45) is 5.56. The highest BCUT2D eigenvalue weighted by molar-refractivity contribution is 9.09. The third-order valence-corrected chi connectivity index (χ3v) is 3.13. The molecule has 2 unspecified atom stereocenters. The molecule has 0 aromatic carbocycles. The van der Waals surface area contributed by atoms with Crippen LogP contribution in [0.5, 0.6) is 0 Å². The summed E-state index contributed by atoms with van der Waals surface area (Å²) in [5.41, 5.74) is 0. The molecule has 0 aromatic heterocycles. The number of rotatable bonds is 3. The van der Waals surface area contributed by atoms with Gasteiger partial charge in [0.25, 0.3) is 0 Å². The maximum Gasteiger partial charge on any atom is 0.0132 e. The highest BCUT2D eigenvalue weighted by Crippen LogP contribution is 2.22. The maximum absolute atomic E-state index is 3.64. The van der Waals surface area contributed by atoms with Crippen molar-refractivity contribution in [3.8, 4) is 0 Å². The Kier molecular flexibility index (Phi) is 4.59. The summed E-state index contributed by atoms with van der Waals surface area (Å²) in [6.45, 7) is 7.07. The number of hydrogen-bond donors (Lipinski definition) is 0. The van der Waals surface area contributed by atoms with Crippen LogP contribution in [0, 0.1) is 0 Å². The van der Waals surface area contributed by atoms with Crippen LogP contribution in [0.15, 0.2) is 0 Å². The minimum absolute atomic E-state index is 0.676. The second-order valence-electron chi connectivity index (χ2n) is 3.79. The number of hydrogen-bond acceptors (Lipinski definition) is 1. The van der Waals surface area contributed by atoms with E-state index in [9.17, 15) is 0 Å². The lowest BCUT2D eigenvalue weighted by Gasteiger charge is -2.35. The van der Waals surface area contributed by atoms with Crippen molar-refractivity contribution in [3.63, 3.8) is 0 Å². The molecule has 0 radical (unpaired) electrons. The zero-order chi connectivity index (χ0) is 8.97. The lowest BCUT2D eigenvalue weighted by Crippen LogP contribution is -2.40. The molecule has 1 aliphatic heterocycles. The fraction of sp³-hybridized carbons (Fsp3) is 1.00. The van der Waals surface area contributed by atoms with Gasteiger partial charge in [0.05, 0.1) is 0 Å². The first-order valence-corrected chi connectivity index (χ1v) is 6.03. The molecule has 0 N–H and O–H groups in total. The minimum Gasteiger partial charge on any atom is -0.301 e. The predicted molar refractivity (Wildman–Crippen MR) is 57.9 cm³/mol. The molecule has 1 saturated heterocycles. The van der Waals surface area contributed by atoms with Crippen molar-refractivity contribution in [3.05, 3.63) is 0 Å². The van der Waals surface area contributed by atoms with Crippen molar-refractivity contribution in [2.45, 2.75) is 50.4 Å². The number of alkyl halides is 1. The van der Waals surface area contributed by atoms with Crippen LogP contribution in [0.4, 0.5) is 0 Å². The fourth-order valence-corrected chi connectivity index (χ4v) is 2.55. The van der Waals surface area contributed by atoms with Gasteiger partial charge in [-0.05, 0) is 32.4 Å². The lowest BCUT2D eigenvalue weighted by molar-refractivity contribution is 0.149. The molecule has 12 heavy (non-hydrogen) atoms. The van der Waals surface area contributed by atoms with E-state index < -0.39 is 0 Å². The van der Waals surface area contributed by atoms with Gasteiger partial charge in [-0.3, -0.25) is 0 Å². The van der Waals surface area contributed by atoms with Crippen molar-refractivity contribution >= 4 is 15.9 Å². The van der Waals surface area contributed by atoms with Crippen LogP contribution in [0.1, 0.15) is 39.5 Å². The van der Waals surface area contributed by atoms with E-state index in [4.69, 9.17) is 0 Å². The maximum atomic E-state index is 3.64. The largest absolute Gasteiger partial charge is 0.301 e. The smallest absolute Gasteiger partial charge is 0.0132 e. The minimum atomic E-state index is 0.676. The molecule has 0 spiro atoms. The van der Waals surface area contributed by atoms with E-state index in [2.05, 4.69) is 34.7 Å². The summed E-state index contributed by atoms with van der Waals surface area (Å²) in [7, 11) is 0. The fourth-order valence-electron chi connectivity index (χ4n) is 2.12. The highest BCUT2D eigenvalue weighted by Gasteiger charge is 2.21. The number of likely N-dealkylation sites (tertiary alicyclic amines) is 1. The topological polar surface area (TPSA) is 3.24 Å². The van der Waals surface area contributed by atoms with E-state index in [1.54, 1.807) is 0 Å². The monoisotopic (exact) mass is 233 g/mol. The molecule has 0 saturated carbocycles. The van der Waals surface area contributed by atoms with Crippen LogP contribution >= 0.6 is 15.9 Å². The first-order valence-electron chi connectivity index (χ1n) is 5.12. The zero-order valence-corrected chi connectivity index (χ0v) is 9.81. The van der Waals surface area contributed by atoms with Crippen LogP contribution < -0.4 is 0 Å². The summed E-state index contributed by atoms with van der Waals surface area (Å²) in [5.74, 6) is 0. The molecule has 1 aliphatic rings. The lowest BCUT2D eigenvalue weighted by atomic mass is 9.98. The molecule has 1 nitrogen and oxygen atoms in total. The normalized spacial score (nSPS) is 28.8. The van der Waals surface area contributed by atoms with Crippen LogP contribution in [-0.4, -0.2) is 28.9 Å². The van der Waals surface area contributed by atoms with Gasteiger partial charge >= 0.3 is 0 Å². The third kappa shape index (κ3) is 3.06. The quantitative estimate of drug-likeness (QED) is 0.678. The van der Waals surface area contributed by atoms with Crippen LogP contribution in [-0.2, 0) is 0 Å². The number of piperidine rings is 1. The van der Waals surface area contributed by atoms with Crippen molar-refractivity contribution in [1.29, 1.82) is 0 Å². The van der Waals surface area contributed by atoms with E-state index >= 15 is 0 Å². The Morgan fingerprint density at radius 2 is 2.25 bits per heavy atom. The van der Waals surface area contributed by atoms with Gasteiger partial charge in [0, 0.05) is 10.9 Å². The molecule has 0 aliphatic carbocycles.